The highest BCUT2D eigenvalue weighted by molar-refractivity contribution is 14.1. The minimum absolute atomic E-state index is 0.127. The normalized spacial score (nSPS) is 15.9. The van der Waals surface area contributed by atoms with E-state index in [2.05, 4.69) is 92.8 Å². The van der Waals surface area contributed by atoms with Crippen LogP contribution in [0, 0.1) is 6.92 Å². The first-order chi connectivity index (χ1) is 10.4. The first kappa shape index (κ1) is 21.1. The molecular formula is C18H30INOSSi. The molecule has 1 rings (SSSR count). The van der Waals surface area contributed by atoms with Gasteiger partial charge in [0.15, 0.2) is 8.32 Å². The fourth-order valence-corrected chi connectivity index (χ4v) is 4.07. The third-order valence-electron chi connectivity index (χ3n) is 4.38. The van der Waals surface area contributed by atoms with Crippen molar-refractivity contribution < 1.29 is 4.43 Å². The van der Waals surface area contributed by atoms with Crippen LogP contribution < -0.4 is 0 Å². The van der Waals surface area contributed by atoms with E-state index in [1.165, 1.54) is 9.15 Å². The second-order valence-electron chi connectivity index (χ2n) is 7.57. The molecule has 2 nitrogen and oxygen atoms in total. The zero-order chi connectivity index (χ0) is 17.8. The van der Waals surface area contributed by atoms with Crippen molar-refractivity contribution >= 4 is 48.3 Å². The van der Waals surface area contributed by atoms with Crippen molar-refractivity contribution in [2.45, 2.75) is 72.2 Å². The first-order valence-electron chi connectivity index (χ1n) is 8.03. The maximum absolute atomic E-state index is 6.69. The molecule has 0 unspecified atom stereocenters. The maximum atomic E-state index is 6.69. The molecule has 0 saturated carbocycles. The first-order valence-corrected chi connectivity index (χ1v) is 12.9. The Morgan fingerprint density at radius 3 is 2.43 bits per heavy atom. The van der Waals surface area contributed by atoms with E-state index in [0.717, 1.165) is 17.1 Å². The summed E-state index contributed by atoms with van der Waals surface area (Å²) in [7, 11) is -1.81. The van der Waals surface area contributed by atoms with Gasteiger partial charge in [0, 0.05) is 5.38 Å². The van der Waals surface area contributed by atoms with Gasteiger partial charge in [0.1, 0.15) is 0 Å². The molecule has 23 heavy (non-hydrogen) atoms. The van der Waals surface area contributed by atoms with Crippen molar-refractivity contribution in [3.63, 3.8) is 0 Å². The molecule has 0 aliphatic carbocycles. The van der Waals surface area contributed by atoms with E-state index in [9.17, 15) is 0 Å². The van der Waals surface area contributed by atoms with Crippen LogP contribution in [0.1, 0.15) is 51.7 Å². The summed E-state index contributed by atoms with van der Waals surface area (Å²) < 4.78 is 8.00. The predicted molar refractivity (Wildman–Crippen MR) is 115 cm³/mol. The summed E-state index contributed by atoms with van der Waals surface area (Å²) in [5.74, 6) is 0. The number of thiazole rings is 1. The summed E-state index contributed by atoms with van der Waals surface area (Å²) in [5, 5.41) is 3.43. The monoisotopic (exact) mass is 463 g/mol. The quantitative estimate of drug-likeness (QED) is 0.336. The van der Waals surface area contributed by atoms with Gasteiger partial charge in [-0.25, -0.2) is 4.98 Å². The van der Waals surface area contributed by atoms with Crippen molar-refractivity contribution in [1.29, 1.82) is 0 Å². The Bertz CT molecular complexity index is 580. The average Bonchev–Trinajstić information content (AvgIpc) is 2.78. The Labute approximate surface area is 160 Å². The fourth-order valence-electron chi connectivity index (χ4n) is 1.90. The van der Waals surface area contributed by atoms with Crippen LogP contribution in [0.4, 0.5) is 0 Å². The number of aromatic nitrogens is 1. The van der Waals surface area contributed by atoms with Crippen LogP contribution in [-0.4, -0.2) is 19.4 Å². The molecule has 1 aromatic heterocycles. The molecule has 0 amide bonds. The molecule has 0 spiro atoms. The minimum Gasteiger partial charge on any atom is -0.410 e. The third-order valence-corrected chi connectivity index (χ3v) is 10.1. The van der Waals surface area contributed by atoms with Gasteiger partial charge in [-0.2, -0.15) is 0 Å². The summed E-state index contributed by atoms with van der Waals surface area (Å²) in [5.41, 5.74) is 2.30. The highest BCUT2D eigenvalue weighted by Crippen LogP contribution is 2.38. The molecule has 0 bridgehead atoms. The van der Waals surface area contributed by atoms with Crippen LogP contribution in [-0.2, 0) is 4.43 Å². The Kier molecular flexibility index (Phi) is 7.70. The van der Waals surface area contributed by atoms with Crippen LogP contribution in [0.2, 0.25) is 18.1 Å². The van der Waals surface area contributed by atoms with Crippen molar-refractivity contribution in [2.24, 2.45) is 0 Å². The Balaban J connectivity index is 3.05. The molecule has 0 saturated heterocycles. The average molecular weight is 464 g/mol. The summed E-state index contributed by atoms with van der Waals surface area (Å²) in [6.07, 6.45) is 5.49. The van der Waals surface area contributed by atoms with Crippen molar-refractivity contribution in [3.8, 4) is 0 Å². The zero-order valence-electron chi connectivity index (χ0n) is 15.7. The van der Waals surface area contributed by atoms with Gasteiger partial charge < -0.3 is 4.43 Å². The smallest absolute Gasteiger partial charge is 0.192 e. The van der Waals surface area contributed by atoms with Crippen molar-refractivity contribution in [3.05, 3.63) is 31.3 Å². The number of halogens is 1. The van der Waals surface area contributed by atoms with Crippen LogP contribution in [0.5, 0.6) is 0 Å². The van der Waals surface area contributed by atoms with Gasteiger partial charge in [-0.15, -0.1) is 11.3 Å². The Morgan fingerprint density at radius 1 is 1.39 bits per heavy atom. The standard InChI is InChI=1S/C18H30INOSSi/c1-13(11-16-12-22-15(3)20-16)17(10-9-14(2)19)21-23(7,8)18(4,5)6/h9,11-12,17H,10H2,1-8H3/b13-11+,14-9-/t17-/m0/s1. The van der Waals surface area contributed by atoms with Crippen LogP contribution in [0.15, 0.2) is 20.6 Å². The Morgan fingerprint density at radius 2 is 2.00 bits per heavy atom. The van der Waals surface area contributed by atoms with E-state index in [1.807, 2.05) is 6.92 Å². The molecule has 0 radical (unpaired) electrons. The lowest BCUT2D eigenvalue weighted by Crippen LogP contribution is -2.44. The van der Waals surface area contributed by atoms with Gasteiger partial charge in [-0.3, -0.25) is 0 Å². The number of aryl methyl sites for hydroxylation is 1. The molecular weight excluding hydrogens is 433 g/mol. The molecule has 0 aliphatic rings. The second-order valence-corrected chi connectivity index (χ2v) is 15.1. The lowest BCUT2D eigenvalue weighted by molar-refractivity contribution is 0.217. The maximum Gasteiger partial charge on any atom is 0.192 e. The molecule has 1 heterocycles. The van der Waals surface area contributed by atoms with Crippen LogP contribution >= 0.6 is 33.9 Å². The Hall–Kier alpha value is 0.0169. The second kappa shape index (κ2) is 8.40. The molecule has 0 fully saturated rings. The van der Waals surface area contributed by atoms with E-state index < -0.39 is 8.32 Å². The van der Waals surface area contributed by atoms with Gasteiger partial charge in [-0.1, -0.05) is 26.8 Å². The fraction of sp³-hybridized carbons (Fsp3) is 0.611. The van der Waals surface area contributed by atoms with E-state index in [4.69, 9.17) is 4.43 Å². The lowest BCUT2D eigenvalue weighted by Gasteiger charge is -2.39. The van der Waals surface area contributed by atoms with Gasteiger partial charge in [0.2, 0.25) is 0 Å². The van der Waals surface area contributed by atoms with Gasteiger partial charge in [0.05, 0.1) is 16.8 Å². The van der Waals surface area contributed by atoms with E-state index in [0.29, 0.717) is 0 Å². The molecule has 0 N–H and O–H groups in total. The SMILES string of the molecule is C/C(I)=C/C[C@H](O[Si](C)(C)C(C)(C)C)/C(C)=C/c1csc(C)n1. The third kappa shape index (κ3) is 6.80. The summed E-state index contributed by atoms with van der Waals surface area (Å²) in [6, 6.07) is 0. The highest BCUT2D eigenvalue weighted by atomic mass is 127. The summed E-state index contributed by atoms with van der Waals surface area (Å²) in [4.78, 5) is 4.55. The highest BCUT2D eigenvalue weighted by Gasteiger charge is 2.39. The number of hydrogen-bond acceptors (Lipinski definition) is 3. The lowest BCUT2D eigenvalue weighted by atomic mass is 10.1. The van der Waals surface area contributed by atoms with E-state index in [-0.39, 0.29) is 11.1 Å². The number of nitrogens with zero attached hydrogens (tertiary/aromatic N) is 1. The molecule has 1 atom stereocenters. The van der Waals surface area contributed by atoms with E-state index >= 15 is 0 Å². The number of hydrogen-bond donors (Lipinski definition) is 0. The van der Waals surface area contributed by atoms with Gasteiger partial charge in [-0.05, 0) is 83.1 Å². The summed E-state index contributed by atoms with van der Waals surface area (Å²) in [6.45, 7) is 17.9. The topological polar surface area (TPSA) is 22.1 Å². The van der Waals surface area contributed by atoms with Crippen LogP contribution in [0.3, 0.4) is 0 Å². The van der Waals surface area contributed by atoms with Gasteiger partial charge >= 0.3 is 0 Å². The largest absolute Gasteiger partial charge is 0.410 e. The van der Waals surface area contributed by atoms with E-state index in [1.54, 1.807) is 11.3 Å². The number of allylic oxidation sites excluding steroid dienone is 1. The molecule has 5 heteroatoms. The molecule has 0 aliphatic heterocycles. The van der Waals surface area contributed by atoms with Crippen molar-refractivity contribution in [2.75, 3.05) is 0 Å². The summed E-state index contributed by atoms with van der Waals surface area (Å²) >= 11 is 4.06. The zero-order valence-corrected chi connectivity index (χ0v) is 19.6. The molecule has 0 aromatic carbocycles. The minimum atomic E-state index is -1.81. The molecule has 1 aromatic rings. The van der Waals surface area contributed by atoms with Gasteiger partial charge in [0.25, 0.3) is 0 Å². The predicted octanol–water partition coefficient (Wildman–Crippen LogP) is 6.97. The van der Waals surface area contributed by atoms with Crippen LogP contribution in [0.25, 0.3) is 6.08 Å². The molecule has 130 valence electrons. The van der Waals surface area contributed by atoms with Crippen molar-refractivity contribution in [1.82, 2.24) is 4.98 Å². The number of rotatable bonds is 6.